The highest BCUT2D eigenvalue weighted by Crippen LogP contribution is 2.24. The van der Waals surface area contributed by atoms with E-state index in [0.29, 0.717) is 0 Å². The Balaban J connectivity index is 2.53. The molecule has 0 saturated heterocycles. The molecule has 0 aliphatic rings. The molecular formula is C11H13ClO3. The van der Waals surface area contributed by atoms with E-state index in [2.05, 4.69) is 4.74 Å². The Hall–Kier alpha value is -1.06. The molecule has 2 atom stereocenters. The molecule has 0 radical (unpaired) electrons. The molecule has 4 heteroatoms. The smallest absolute Gasteiger partial charge is 0.302 e. The number of rotatable bonds is 4. The summed E-state index contributed by atoms with van der Waals surface area (Å²) in [7, 11) is 0. The summed E-state index contributed by atoms with van der Waals surface area (Å²) in [6, 6.07) is 9.17. The molecule has 0 spiro atoms. The van der Waals surface area contributed by atoms with Gasteiger partial charge in [-0.2, -0.15) is 0 Å². The molecule has 82 valence electrons. The predicted octanol–water partition coefficient (Wildman–Crippen LogP) is 1.89. The number of carbonyl (C=O) groups is 1. The number of halogens is 1. The first-order valence-corrected chi connectivity index (χ1v) is 5.05. The van der Waals surface area contributed by atoms with Crippen LogP contribution in [0.15, 0.2) is 30.3 Å². The molecule has 1 aromatic carbocycles. The van der Waals surface area contributed by atoms with Crippen LogP contribution in [0, 0.1) is 0 Å². The van der Waals surface area contributed by atoms with E-state index in [1.54, 1.807) is 0 Å². The maximum absolute atomic E-state index is 10.5. The van der Waals surface area contributed by atoms with Gasteiger partial charge < -0.3 is 9.84 Å². The summed E-state index contributed by atoms with van der Waals surface area (Å²) < 4.78 is 4.67. The standard InChI is InChI=1S/C11H13ClO3/c1-8(13)15-7-10(14)11(12)9-5-3-2-4-6-9/h2-6,10-11,14H,7H2,1H3/t10-,11+/m0/s1. The lowest BCUT2D eigenvalue weighted by molar-refractivity contribution is -0.143. The van der Waals surface area contributed by atoms with Crippen LogP contribution in [-0.4, -0.2) is 23.8 Å². The van der Waals surface area contributed by atoms with Crippen LogP contribution in [0.5, 0.6) is 0 Å². The Kier molecular flexibility index (Phi) is 4.59. The van der Waals surface area contributed by atoms with Gasteiger partial charge in [-0.25, -0.2) is 0 Å². The molecular weight excluding hydrogens is 216 g/mol. The lowest BCUT2D eigenvalue weighted by Gasteiger charge is -2.16. The van der Waals surface area contributed by atoms with Crippen LogP contribution >= 0.6 is 11.6 Å². The van der Waals surface area contributed by atoms with Crippen LogP contribution < -0.4 is 0 Å². The van der Waals surface area contributed by atoms with Crippen molar-refractivity contribution in [2.45, 2.75) is 18.4 Å². The highest BCUT2D eigenvalue weighted by molar-refractivity contribution is 6.21. The van der Waals surface area contributed by atoms with E-state index in [4.69, 9.17) is 11.6 Å². The topological polar surface area (TPSA) is 46.5 Å². The molecule has 0 unspecified atom stereocenters. The summed E-state index contributed by atoms with van der Waals surface area (Å²) in [5, 5.41) is 9.05. The Morgan fingerprint density at radius 3 is 2.60 bits per heavy atom. The van der Waals surface area contributed by atoms with E-state index in [1.807, 2.05) is 30.3 Å². The second kappa shape index (κ2) is 5.73. The minimum atomic E-state index is -0.891. The predicted molar refractivity (Wildman–Crippen MR) is 57.7 cm³/mol. The minimum absolute atomic E-state index is 0.0849. The van der Waals surface area contributed by atoms with Gasteiger partial charge >= 0.3 is 5.97 Å². The van der Waals surface area contributed by atoms with Gasteiger partial charge in [0.1, 0.15) is 12.7 Å². The van der Waals surface area contributed by atoms with Crippen LogP contribution in [0.1, 0.15) is 17.9 Å². The number of esters is 1. The molecule has 3 nitrogen and oxygen atoms in total. The Morgan fingerprint density at radius 2 is 2.07 bits per heavy atom. The zero-order chi connectivity index (χ0) is 11.3. The number of alkyl halides is 1. The monoisotopic (exact) mass is 228 g/mol. The lowest BCUT2D eigenvalue weighted by atomic mass is 10.1. The van der Waals surface area contributed by atoms with Crippen LogP contribution in [0.25, 0.3) is 0 Å². The van der Waals surface area contributed by atoms with Gasteiger partial charge in [-0.3, -0.25) is 4.79 Å². The van der Waals surface area contributed by atoms with Gasteiger partial charge in [0.2, 0.25) is 0 Å². The van der Waals surface area contributed by atoms with Crippen molar-refractivity contribution in [2.24, 2.45) is 0 Å². The first-order chi connectivity index (χ1) is 7.11. The zero-order valence-electron chi connectivity index (χ0n) is 8.39. The Morgan fingerprint density at radius 1 is 1.47 bits per heavy atom. The maximum atomic E-state index is 10.5. The summed E-state index contributed by atoms with van der Waals surface area (Å²) in [6.45, 7) is 1.21. The summed E-state index contributed by atoms with van der Waals surface area (Å²) in [4.78, 5) is 10.5. The molecule has 1 N–H and O–H groups in total. The van der Waals surface area contributed by atoms with Crippen molar-refractivity contribution >= 4 is 17.6 Å². The van der Waals surface area contributed by atoms with Gasteiger partial charge in [0.25, 0.3) is 0 Å². The number of hydrogen-bond donors (Lipinski definition) is 1. The largest absolute Gasteiger partial charge is 0.463 e. The van der Waals surface area contributed by atoms with Crippen LogP contribution in [0.4, 0.5) is 0 Å². The average molecular weight is 229 g/mol. The van der Waals surface area contributed by atoms with Crippen molar-refractivity contribution in [3.05, 3.63) is 35.9 Å². The third-order valence-electron chi connectivity index (χ3n) is 1.91. The number of hydrogen-bond acceptors (Lipinski definition) is 3. The van der Waals surface area contributed by atoms with Crippen molar-refractivity contribution < 1.29 is 14.6 Å². The molecule has 0 aliphatic heterocycles. The molecule has 0 aromatic heterocycles. The number of benzene rings is 1. The van der Waals surface area contributed by atoms with Gasteiger partial charge in [-0.05, 0) is 5.56 Å². The number of aliphatic hydroxyl groups is 1. The van der Waals surface area contributed by atoms with Crippen molar-refractivity contribution in [1.82, 2.24) is 0 Å². The van der Waals surface area contributed by atoms with Crippen molar-refractivity contribution in [2.75, 3.05) is 6.61 Å². The Labute approximate surface area is 93.6 Å². The fourth-order valence-corrected chi connectivity index (χ4v) is 1.36. The Bertz CT molecular complexity index is 313. The van der Waals surface area contributed by atoms with Gasteiger partial charge in [-0.15, -0.1) is 11.6 Å². The molecule has 0 amide bonds. The molecule has 0 saturated carbocycles. The third kappa shape index (κ3) is 3.90. The quantitative estimate of drug-likeness (QED) is 0.632. The molecule has 0 aliphatic carbocycles. The van der Waals surface area contributed by atoms with E-state index in [9.17, 15) is 9.90 Å². The maximum Gasteiger partial charge on any atom is 0.302 e. The summed E-state index contributed by atoms with van der Waals surface area (Å²) in [5.41, 5.74) is 0.804. The minimum Gasteiger partial charge on any atom is -0.463 e. The molecule has 0 fully saturated rings. The van der Waals surface area contributed by atoms with Crippen LogP contribution in [0.2, 0.25) is 0 Å². The number of ether oxygens (including phenoxy) is 1. The number of aliphatic hydroxyl groups excluding tert-OH is 1. The molecule has 0 bridgehead atoms. The second-order valence-corrected chi connectivity index (χ2v) is 3.65. The summed E-state index contributed by atoms with van der Waals surface area (Å²) in [6.07, 6.45) is -0.891. The first-order valence-electron chi connectivity index (χ1n) is 4.61. The van der Waals surface area contributed by atoms with Crippen molar-refractivity contribution in [1.29, 1.82) is 0 Å². The van der Waals surface area contributed by atoms with E-state index in [-0.39, 0.29) is 6.61 Å². The van der Waals surface area contributed by atoms with Gasteiger partial charge in [0.15, 0.2) is 0 Å². The first kappa shape index (κ1) is 12.0. The fourth-order valence-electron chi connectivity index (χ4n) is 1.15. The highest BCUT2D eigenvalue weighted by Gasteiger charge is 2.19. The van der Waals surface area contributed by atoms with E-state index in [0.717, 1.165) is 5.56 Å². The van der Waals surface area contributed by atoms with E-state index < -0.39 is 17.5 Å². The van der Waals surface area contributed by atoms with Crippen LogP contribution in [0.3, 0.4) is 0 Å². The second-order valence-electron chi connectivity index (χ2n) is 3.18. The zero-order valence-corrected chi connectivity index (χ0v) is 9.15. The van der Waals surface area contributed by atoms with Crippen molar-refractivity contribution in [3.63, 3.8) is 0 Å². The summed E-state index contributed by atoms with van der Waals surface area (Å²) >= 11 is 6.00. The number of carbonyl (C=O) groups excluding carboxylic acids is 1. The molecule has 0 heterocycles. The van der Waals surface area contributed by atoms with Gasteiger partial charge in [0.05, 0.1) is 5.38 Å². The SMILES string of the molecule is CC(=O)OC[C@H](O)[C@H](Cl)c1ccccc1. The molecule has 1 rings (SSSR count). The lowest BCUT2D eigenvalue weighted by Crippen LogP contribution is -2.22. The third-order valence-corrected chi connectivity index (χ3v) is 2.46. The highest BCUT2D eigenvalue weighted by atomic mass is 35.5. The van der Waals surface area contributed by atoms with Gasteiger partial charge in [0, 0.05) is 6.92 Å². The van der Waals surface area contributed by atoms with E-state index >= 15 is 0 Å². The van der Waals surface area contributed by atoms with Gasteiger partial charge in [-0.1, -0.05) is 30.3 Å². The average Bonchev–Trinajstić information content (AvgIpc) is 2.26. The fraction of sp³-hybridized carbons (Fsp3) is 0.364. The molecule has 15 heavy (non-hydrogen) atoms. The summed E-state index contributed by atoms with van der Waals surface area (Å²) in [5.74, 6) is -0.425. The van der Waals surface area contributed by atoms with Crippen LogP contribution in [-0.2, 0) is 9.53 Å². The normalized spacial score (nSPS) is 14.3. The van der Waals surface area contributed by atoms with Crippen molar-refractivity contribution in [3.8, 4) is 0 Å². The molecule has 1 aromatic rings. The van der Waals surface area contributed by atoms with E-state index in [1.165, 1.54) is 6.92 Å².